The number of carbonyl (C=O) groups is 1. The van der Waals surface area contributed by atoms with E-state index in [0.717, 1.165) is 33.7 Å². The van der Waals surface area contributed by atoms with Crippen molar-refractivity contribution in [3.8, 4) is 11.3 Å². The second-order valence-corrected chi connectivity index (χ2v) is 7.99. The van der Waals surface area contributed by atoms with Crippen LogP contribution in [0.5, 0.6) is 0 Å². The molecule has 4 aromatic rings. The van der Waals surface area contributed by atoms with Crippen molar-refractivity contribution in [1.82, 2.24) is 14.9 Å². The van der Waals surface area contributed by atoms with Crippen LogP contribution < -0.4 is 4.90 Å². The van der Waals surface area contributed by atoms with Gasteiger partial charge in [-0.25, -0.2) is 14.4 Å². The Morgan fingerprint density at radius 1 is 0.844 bits per heavy atom. The molecular formula is C26H23FN4O. The van der Waals surface area contributed by atoms with E-state index in [1.807, 2.05) is 61.5 Å². The third-order valence-electron chi connectivity index (χ3n) is 5.90. The monoisotopic (exact) mass is 426 g/mol. The lowest BCUT2D eigenvalue weighted by molar-refractivity contribution is 0.0745. The van der Waals surface area contributed by atoms with E-state index in [1.54, 1.807) is 11.0 Å². The molecule has 6 heteroatoms. The molecule has 160 valence electrons. The highest BCUT2D eigenvalue weighted by Gasteiger charge is 2.26. The number of aromatic nitrogens is 2. The fourth-order valence-corrected chi connectivity index (χ4v) is 4.12. The molecule has 1 fully saturated rings. The number of amides is 1. The summed E-state index contributed by atoms with van der Waals surface area (Å²) in [6, 6.07) is 22.3. The molecule has 1 aliphatic heterocycles. The van der Waals surface area contributed by atoms with Crippen molar-refractivity contribution in [2.24, 2.45) is 0 Å². The summed E-state index contributed by atoms with van der Waals surface area (Å²) in [5.74, 6) is 0.301. The van der Waals surface area contributed by atoms with Crippen LogP contribution in [0.4, 0.5) is 10.2 Å². The van der Waals surface area contributed by atoms with Crippen molar-refractivity contribution in [2.75, 3.05) is 31.1 Å². The lowest BCUT2D eigenvalue weighted by atomic mass is 10.1. The number of anilines is 1. The molecule has 0 bridgehead atoms. The van der Waals surface area contributed by atoms with Gasteiger partial charge in [0.15, 0.2) is 5.82 Å². The topological polar surface area (TPSA) is 49.3 Å². The average Bonchev–Trinajstić information content (AvgIpc) is 2.85. The van der Waals surface area contributed by atoms with E-state index in [9.17, 15) is 9.18 Å². The quantitative estimate of drug-likeness (QED) is 0.476. The highest BCUT2D eigenvalue weighted by atomic mass is 19.1. The molecule has 1 aliphatic rings. The maximum absolute atomic E-state index is 13.7. The van der Waals surface area contributed by atoms with Gasteiger partial charge in [-0.3, -0.25) is 4.79 Å². The summed E-state index contributed by atoms with van der Waals surface area (Å²) in [6.45, 7) is 4.18. The van der Waals surface area contributed by atoms with Gasteiger partial charge in [0.25, 0.3) is 5.91 Å². The Morgan fingerprint density at radius 2 is 1.50 bits per heavy atom. The van der Waals surface area contributed by atoms with E-state index >= 15 is 0 Å². The lowest BCUT2D eigenvalue weighted by Crippen LogP contribution is -2.49. The summed E-state index contributed by atoms with van der Waals surface area (Å²) >= 11 is 0. The standard InChI is InChI=1S/C26H23FN4O/c1-18-11-12-20(27)17-21(18)26(32)31-15-13-30(14-16-31)25-24(19-7-3-2-4-8-19)28-22-9-5-6-10-23(22)29-25/h2-12,17H,13-16H2,1H3. The number of rotatable bonds is 3. The first-order chi connectivity index (χ1) is 15.6. The van der Waals surface area contributed by atoms with Gasteiger partial charge in [0.2, 0.25) is 0 Å². The van der Waals surface area contributed by atoms with Crippen LogP contribution in [0.1, 0.15) is 15.9 Å². The molecule has 32 heavy (non-hydrogen) atoms. The van der Waals surface area contributed by atoms with Gasteiger partial charge in [0.1, 0.15) is 11.5 Å². The van der Waals surface area contributed by atoms with Crippen LogP contribution in [-0.2, 0) is 0 Å². The first-order valence-electron chi connectivity index (χ1n) is 10.7. The molecule has 0 aliphatic carbocycles. The van der Waals surface area contributed by atoms with Crippen molar-refractivity contribution in [3.05, 3.63) is 89.7 Å². The highest BCUT2D eigenvalue weighted by molar-refractivity contribution is 5.96. The van der Waals surface area contributed by atoms with Gasteiger partial charge in [-0.2, -0.15) is 0 Å². The average molecular weight is 426 g/mol. The molecule has 0 N–H and O–H groups in total. The van der Waals surface area contributed by atoms with Gasteiger partial charge in [-0.15, -0.1) is 0 Å². The Bertz CT molecular complexity index is 1280. The maximum atomic E-state index is 13.7. The fourth-order valence-electron chi connectivity index (χ4n) is 4.12. The fraction of sp³-hybridized carbons (Fsp3) is 0.192. The summed E-state index contributed by atoms with van der Waals surface area (Å²) in [5, 5.41) is 0. The minimum absolute atomic E-state index is 0.130. The second-order valence-electron chi connectivity index (χ2n) is 7.99. The van der Waals surface area contributed by atoms with Gasteiger partial charge < -0.3 is 9.80 Å². The van der Waals surface area contributed by atoms with E-state index < -0.39 is 5.82 Å². The Hall–Kier alpha value is -3.80. The SMILES string of the molecule is Cc1ccc(F)cc1C(=O)N1CCN(c2nc3ccccc3nc2-c2ccccc2)CC1. The van der Waals surface area contributed by atoms with Crippen molar-refractivity contribution in [2.45, 2.75) is 6.92 Å². The van der Waals surface area contributed by atoms with E-state index in [-0.39, 0.29) is 5.91 Å². The number of hydrogen-bond acceptors (Lipinski definition) is 4. The number of aryl methyl sites for hydroxylation is 1. The minimum atomic E-state index is -0.392. The van der Waals surface area contributed by atoms with Crippen LogP contribution in [0.15, 0.2) is 72.8 Å². The molecule has 0 radical (unpaired) electrons. The van der Waals surface area contributed by atoms with Crippen LogP contribution >= 0.6 is 0 Å². The minimum Gasteiger partial charge on any atom is -0.351 e. The van der Waals surface area contributed by atoms with Crippen LogP contribution in [-0.4, -0.2) is 47.0 Å². The summed E-state index contributed by atoms with van der Waals surface area (Å²) in [7, 11) is 0. The van der Waals surface area contributed by atoms with Crippen molar-refractivity contribution in [3.63, 3.8) is 0 Å². The Labute approximate surface area is 186 Å². The summed E-state index contributed by atoms with van der Waals surface area (Å²) < 4.78 is 13.7. The third-order valence-corrected chi connectivity index (χ3v) is 5.90. The number of halogens is 1. The number of hydrogen-bond donors (Lipinski definition) is 0. The molecule has 1 saturated heterocycles. The Kier molecular flexibility index (Phi) is 5.27. The van der Waals surface area contributed by atoms with Crippen LogP contribution in [0.25, 0.3) is 22.3 Å². The van der Waals surface area contributed by atoms with E-state index in [1.165, 1.54) is 12.1 Å². The Balaban J connectivity index is 1.43. The molecule has 5 rings (SSSR count). The normalized spacial score (nSPS) is 14.1. The van der Waals surface area contributed by atoms with Crippen molar-refractivity contribution < 1.29 is 9.18 Å². The third kappa shape index (κ3) is 3.80. The van der Waals surface area contributed by atoms with Crippen molar-refractivity contribution >= 4 is 22.8 Å². The number of fused-ring (bicyclic) bond motifs is 1. The van der Waals surface area contributed by atoms with E-state index in [2.05, 4.69) is 4.90 Å². The van der Waals surface area contributed by atoms with E-state index in [4.69, 9.17) is 9.97 Å². The zero-order valence-electron chi connectivity index (χ0n) is 17.8. The molecule has 1 amide bonds. The number of nitrogens with zero attached hydrogens (tertiary/aromatic N) is 4. The molecule has 0 spiro atoms. The van der Waals surface area contributed by atoms with Gasteiger partial charge in [-0.05, 0) is 36.8 Å². The molecule has 0 saturated carbocycles. The molecule has 2 heterocycles. The number of para-hydroxylation sites is 2. The molecule has 5 nitrogen and oxygen atoms in total. The number of benzene rings is 3. The second kappa shape index (κ2) is 8.38. The highest BCUT2D eigenvalue weighted by Crippen LogP contribution is 2.30. The Morgan fingerprint density at radius 3 is 2.22 bits per heavy atom. The summed E-state index contributed by atoms with van der Waals surface area (Å²) in [6.07, 6.45) is 0. The largest absolute Gasteiger partial charge is 0.351 e. The first kappa shape index (κ1) is 20.1. The van der Waals surface area contributed by atoms with Crippen LogP contribution in [0, 0.1) is 12.7 Å². The smallest absolute Gasteiger partial charge is 0.254 e. The molecule has 3 aromatic carbocycles. The van der Waals surface area contributed by atoms with Crippen molar-refractivity contribution in [1.29, 1.82) is 0 Å². The van der Waals surface area contributed by atoms with Gasteiger partial charge in [-0.1, -0.05) is 48.5 Å². The maximum Gasteiger partial charge on any atom is 0.254 e. The van der Waals surface area contributed by atoms with Crippen LogP contribution in [0.2, 0.25) is 0 Å². The predicted octanol–water partition coefficient (Wildman–Crippen LogP) is 4.71. The summed E-state index contributed by atoms with van der Waals surface area (Å²) in [4.78, 5) is 26.8. The van der Waals surface area contributed by atoms with Gasteiger partial charge in [0.05, 0.1) is 11.0 Å². The molecule has 0 unspecified atom stereocenters. The zero-order chi connectivity index (χ0) is 22.1. The van der Waals surface area contributed by atoms with Gasteiger partial charge >= 0.3 is 0 Å². The predicted molar refractivity (Wildman–Crippen MR) is 124 cm³/mol. The first-order valence-corrected chi connectivity index (χ1v) is 10.7. The van der Waals surface area contributed by atoms with Gasteiger partial charge in [0, 0.05) is 37.3 Å². The van der Waals surface area contributed by atoms with E-state index in [0.29, 0.717) is 31.7 Å². The van der Waals surface area contributed by atoms with Crippen LogP contribution in [0.3, 0.4) is 0 Å². The number of carbonyl (C=O) groups excluding carboxylic acids is 1. The lowest BCUT2D eigenvalue weighted by Gasteiger charge is -2.36. The summed E-state index contributed by atoms with van der Waals surface area (Å²) in [5.41, 5.74) is 4.75. The molecule has 1 aromatic heterocycles. The molecule has 0 atom stereocenters. The number of piperazine rings is 1. The molecular weight excluding hydrogens is 403 g/mol. The zero-order valence-corrected chi connectivity index (χ0v) is 17.8.